The molecule has 2 rings (SSSR count). The molecule has 0 radical (unpaired) electrons. The van der Waals surface area contributed by atoms with Crippen LogP contribution in [0.5, 0.6) is 5.75 Å². The molecule has 14 heavy (non-hydrogen) atoms. The summed E-state index contributed by atoms with van der Waals surface area (Å²) in [6, 6.07) is 5.73. The average Bonchev–Trinajstić information content (AvgIpc) is 2.87. The summed E-state index contributed by atoms with van der Waals surface area (Å²) >= 11 is 0. The van der Waals surface area contributed by atoms with Gasteiger partial charge in [0.15, 0.2) is 0 Å². The van der Waals surface area contributed by atoms with Crippen LogP contribution in [-0.4, -0.2) is 15.8 Å². The lowest BCUT2D eigenvalue weighted by molar-refractivity contribution is 0.140. The van der Waals surface area contributed by atoms with Gasteiger partial charge < -0.3 is 10.2 Å². The summed E-state index contributed by atoms with van der Waals surface area (Å²) in [4.78, 5) is 0. The van der Waals surface area contributed by atoms with E-state index in [1.54, 1.807) is 6.07 Å². The molecular formula is C12H16O2. The minimum Gasteiger partial charge on any atom is -0.508 e. The number of phenolic OH excluding ortho intramolecular Hbond substituents is 1. The average molecular weight is 192 g/mol. The molecule has 0 atom stereocenters. The lowest BCUT2D eigenvalue weighted by Gasteiger charge is -2.08. The molecule has 2 heteroatoms. The number of aliphatic hydroxyl groups is 1. The third-order valence-corrected chi connectivity index (χ3v) is 2.98. The summed E-state index contributed by atoms with van der Waals surface area (Å²) in [6.07, 6.45) is 3.54. The van der Waals surface area contributed by atoms with E-state index in [0.717, 1.165) is 36.8 Å². The van der Waals surface area contributed by atoms with Gasteiger partial charge in [0.25, 0.3) is 0 Å². The molecule has 1 aliphatic carbocycles. The summed E-state index contributed by atoms with van der Waals surface area (Å²) in [5, 5.41) is 19.1. The van der Waals surface area contributed by atoms with E-state index in [0.29, 0.717) is 5.75 Å². The van der Waals surface area contributed by atoms with E-state index < -0.39 is 0 Å². The molecule has 1 aliphatic rings. The van der Waals surface area contributed by atoms with Crippen LogP contribution in [0.2, 0.25) is 0 Å². The first-order valence-corrected chi connectivity index (χ1v) is 5.10. The molecule has 2 nitrogen and oxygen atoms in total. The van der Waals surface area contributed by atoms with Crippen molar-refractivity contribution in [2.75, 3.05) is 0 Å². The molecule has 0 bridgehead atoms. The van der Waals surface area contributed by atoms with Crippen molar-refractivity contribution in [1.29, 1.82) is 0 Å². The van der Waals surface area contributed by atoms with Gasteiger partial charge >= 0.3 is 0 Å². The predicted octanol–water partition coefficient (Wildman–Crippen LogP) is 2.16. The van der Waals surface area contributed by atoms with E-state index in [2.05, 4.69) is 0 Å². The monoisotopic (exact) mass is 192 g/mol. The third kappa shape index (κ3) is 2.07. The second-order valence-corrected chi connectivity index (χ2v) is 4.35. The Labute approximate surface area is 84.2 Å². The van der Waals surface area contributed by atoms with E-state index >= 15 is 0 Å². The molecule has 1 aromatic rings. The van der Waals surface area contributed by atoms with Crippen molar-refractivity contribution < 1.29 is 10.2 Å². The second kappa shape index (κ2) is 3.28. The fourth-order valence-electron chi connectivity index (χ4n) is 1.58. The second-order valence-electron chi connectivity index (χ2n) is 4.35. The number of aromatic hydroxyl groups is 1. The molecule has 0 unspecified atom stereocenters. The molecule has 0 aliphatic heterocycles. The molecule has 1 fully saturated rings. The normalized spacial score (nSPS) is 18.1. The zero-order valence-corrected chi connectivity index (χ0v) is 8.45. The van der Waals surface area contributed by atoms with Crippen LogP contribution in [0.4, 0.5) is 0 Å². The summed E-state index contributed by atoms with van der Waals surface area (Å²) in [7, 11) is 0. The molecule has 1 saturated carbocycles. The Morgan fingerprint density at radius 2 is 2.07 bits per heavy atom. The van der Waals surface area contributed by atoms with Crippen LogP contribution in [0.1, 0.15) is 30.4 Å². The van der Waals surface area contributed by atoms with Gasteiger partial charge in [-0.2, -0.15) is 0 Å². The Morgan fingerprint density at radius 1 is 1.36 bits per heavy atom. The number of hydrogen-bond donors (Lipinski definition) is 2. The van der Waals surface area contributed by atoms with Gasteiger partial charge in [-0.1, -0.05) is 12.1 Å². The SMILES string of the molecule is Cc1ccc(CCC2(O)CC2)cc1O. The summed E-state index contributed by atoms with van der Waals surface area (Å²) in [6.45, 7) is 1.88. The Bertz CT molecular complexity index is 340. The zero-order valence-electron chi connectivity index (χ0n) is 8.45. The summed E-state index contributed by atoms with van der Waals surface area (Å²) in [5.41, 5.74) is 1.62. The smallest absolute Gasteiger partial charge is 0.118 e. The molecular weight excluding hydrogens is 176 g/mol. The van der Waals surface area contributed by atoms with Crippen molar-refractivity contribution in [2.45, 2.75) is 38.2 Å². The molecule has 0 aromatic heterocycles. The van der Waals surface area contributed by atoms with Crippen LogP contribution in [0.3, 0.4) is 0 Å². The topological polar surface area (TPSA) is 40.5 Å². The van der Waals surface area contributed by atoms with Gasteiger partial charge in [-0.3, -0.25) is 0 Å². The van der Waals surface area contributed by atoms with Crippen LogP contribution in [0, 0.1) is 6.92 Å². The van der Waals surface area contributed by atoms with E-state index in [1.165, 1.54) is 0 Å². The van der Waals surface area contributed by atoms with Crippen LogP contribution >= 0.6 is 0 Å². The molecule has 0 spiro atoms. The fourth-order valence-corrected chi connectivity index (χ4v) is 1.58. The molecule has 2 N–H and O–H groups in total. The first kappa shape index (κ1) is 9.53. The molecule has 1 aromatic carbocycles. The van der Waals surface area contributed by atoms with Crippen LogP contribution < -0.4 is 0 Å². The van der Waals surface area contributed by atoms with Crippen LogP contribution in [-0.2, 0) is 6.42 Å². The number of benzene rings is 1. The number of phenols is 1. The third-order valence-electron chi connectivity index (χ3n) is 2.98. The van der Waals surface area contributed by atoms with Crippen molar-refractivity contribution in [3.63, 3.8) is 0 Å². The van der Waals surface area contributed by atoms with Gasteiger partial charge in [-0.05, 0) is 49.8 Å². The minimum absolute atomic E-state index is 0.352. The lowest BCUT2D eigenvalue weighted by Crippen LogP contribution is -2.07. The van der Waals surface area contributed by atoms with Crippen molar-refractivity contribution in [3.05, 3.63) is 29.3 Å². The van der Waals surface area contributed by atoms with Crippen LogP contribution in [0.25, 0.3) is 0 Å². The molecule has 0 saturated heterocycles. The molecule has 0 amide bonds. The highest BCUT2D eigenvalue weighted by molar-refractivity contribution is 5.35. The van der Waals surface area contributed by atoms with Crippen molar-refractivity contribution >= 4 is 0 Å². The number of rotatable bonds is 3. The van der Waals surface area contributed by atoms with Crippen molar-refractivity contribution in [3.8, 4) is 5.75 Å². The van der Waals surface area contributed by atoms with Crippen LogP contribution in [0.15, 0.2) is 18.2 Å². The number of hydrogen-bond acceptors (Lipinski definition) is 2. The van der Waals surface area contributed by atoms with Gasteiger partial charge in [-0.15, -0.1) is 0 Å². The zero-order chi connectivity index (χ0) is 10.2. The summed E-state index contributed by atoms with van der Waals surface area (Å²) in [5.74, 6) is 0.352. The van der Waals surface area contributed by atoms with E-state index in [4.69, 9.17) is 0 Å². The van der Waals surface area contributed by atoms with E-state index in [1.807, 2.05) is 19.1 Å². The van der Waals surface area contributed by atoms with Gasteiger partial charge in [0.2, 0.25) is 0 Å². The maximum absolute atomic E-state index is 9.65. The fraction of sp³-hybridized carbons (Fsp3) is 0.500. The predicted molar refractivity (Wildman–Crippen MR) is 55.3 cm³/mol. The first-order valence-electron chi connectivity index (χ1n) is 5.10. The van der Waals surface area contributed by atoms with Gasteiger partial charge in [0, 0.05) is 0 Å². The first-order chi connectivity index (χ1) is 6.59. The Morgan fingerprint density at radius 3 is 2.64 bits per heavy atom. The lowest BCUT2D eigenvalue weighted by atomic mass is 10.0. The standard InChI is InChI=1S/C12H16O2/c1-9-2-3-10(8-11(9)13)4-5-12(14)6-7-12/h2-3,8,13-14H,4-7H2,1H3. The minimum atomic E-state index is -0.388. The number of aryl methyl sites for hydroxylation is 2. The van der Waals surface area contributed by atoms with Gasteiger partial charge in [0.05, 0.1) is 5.60 Å². The highest BCUT2D eigenvalue weighted by atomic mass is 16.3. The molecule has 76 valence electrons. The maximum Gasteiger partial charge on any atom is 0.118 e. The van der Waals surface area contributed by atoms with Gasteiger partial charge in [0.1, 0.15) is 5.75 Å². The van der Waals surface area contributed by atoms with Crippen molar-refractivity contribution in [1.82, 2.24) is 0 Å². The van der Waals surface area contributed by atoms with Crippen molar-refractivity contribution in [2.24, 2.45) is 0 Å². The maximum atomic E-state index is 9.65. The largest absolute Gasteiger partial charge is 0.508 e. The summed E-state index contributed by atoms with van der Waals surface area (Å²) < 4.78 is 0. The van der Waals surface area contributed by atoms with Gasteiger partial charge in [-0.25, -0.2) is 0 Å². The molecule has 0 heterocycles. The Balaban J connectivity index is 1.99. The highest BCUT2D eigenvalue weighted by Gasteiger charge is 2.39. The Hall–Kier alpha value is -1.02. The quantitative estimate of drug-likeness (QED) is 0.770. The van der Waals surface area contributed by atoms with E-state index in [-0.39, 0.29) is 5.60 Å². The highest BCUT2D eigenvalue weighted by Crippen LogP contribution is 2.39. The Kier molecular flexibility index (Phi) is 2.23. The van der Waals surface area contributed by atoms with E-state index in [9.17, 15) is 10.2 Å².